The topological polar surface area (TPSA) is 17.8 Å². The van der Waals surface area contributed by atoms with Crippen molar-refractivity contribution in [1.82, 2.24) is 9.78 Å². The van der Waals surface area contributed by atoms with Crippen molar-refractivity contribution in [3.63, 3.8) is 0 Å². The van der Waals surface area contributed by atoms with Gasteiger partial charge in [-0.3, -0.25) is 0 Å². The summed E-state index contributed by atoms with van der Waals surface area (Å²) in [4.78, 5) is 0. The second-order valence-corrected chi connectivity index (χ2v) is 4.42. The van der Waals surface area contributed by atoms with Gasteiger partial charge in [0.25, 0.3) is 0 Å². The third kappa shape index (κ3) is 2.55. The van der Waals surface area contributed by atoms with Crippen molar-refractivity contribution in [3.05, 3.63) is 47.8 Å². The lowest BCUT2D eigenvalue weighted by Gasteiger charge is -2.08. The summed E-state index contributed by atoms with van der Waals surface area (Å²) in [5.41, 5.74) is 0.964. The minimum Gasteiger partial charge on any atom is -0.240 e. The fraction of sp³-hybridized carbons (Fsp3) is 0.308. The second-order valence-electron chi connectivity index (χ2n) is 4.42. The number of aromatic nitrogens is 2. The molecule has 2 nitrogen and oxygen atoms in total. The van der Waals surface area contributed by atoms with Gasteiger partial charge in [0.15, 0.2) is 0 Å². The first-order valence-corrected chi connectivity index (χ1v) is 5.60. The first-order chi connectivity index (χ1) is 8.38. The number of rotatable bonds is 2. The quantitative estimate of drug-likeness (QED) is 0.791. The van der Waals surface area contributed by atoms with E-state index in [1.807, 2.05) is 32.0 Å². The van der Waals surface area contributed by atoms with Gasteiger partial charge in [-0.05, 0) is 23.6 Å². The van der Waals surface area contributed by atoms with Gasteiger partial charge in [0, 0.05) is 6.20 Å². The number of benzene rings is 1. The minimum atomic E-state index is -4.35. The second kappa shape index (κ2) is 4.48. The molecule has 96 valence electrons. The fourth-order valence-electron chi connectivity index (χ4n) is 1.64. The zero-order valence-corrected chi connectivity index (χ0v) is 10.1. The van der Waals surface area contributed by atoms with Gasteiger partial charge in [-0.2, -0.15) is 18.3 Å². The number of nitrogens with zero attached hydrogens (tertiary/aromatic N) is 2. The van der Waals surface area contributed by atoms with Crippen LogP contribution in [0.25, 0.3) is 5.69 Å². The molecule has 1 heterocycles. The molecule has 0 atom stereocenters. The van der Waals surface area contributed by atoms with E-state index in [1.54, 1.807) is 6.07 Å². The molecular formula is C13H13F3N2. The standard InChI is InChI=1S/C13H13F3N2/c1-9(2)10-4-3-5-12(6-10)18-8-11(7-17-18)13(14,15)16/h3-9H,1-2H3. The highest BCUT2D eigenvalue weighted by Gasteiger charge is 2.32. The zero-order chi connectivity index (χ0) is 13.3. The van der Waals surface area contributed by atoms with E-state index in [-0.39, 0.29) is 0 Å². The van der Waals surface area contributed by atoms with Crippen LogP contribution in [0, 0.1) is 0 Å². The van der Waals surface area contributed by atoms with E-state index >= 15 is 0 Å². The van der Waals surface area contributed by atoms with E-state index in [1.165, 1.54) is 4.68 Å². The molecule has 0 saturated carbocycles. The van der Waals surface area contributed by atoms with E-state index in [4.69, 9.17) is 0 Å². The Morgan fingerprint density at radius 2 is 1.94 bits per heavy atom. The molecule has 0 aliphatic carbocycles. The first kappa shape index (κ1) is 12.7. The lowest BCUT2D eigenvalue weighted by atomic mass is 10.0. The van der Waals surface area contributed by atoms with Crippen LogP contribution in [0.15, 0.2) is 36.7 Å². The molecule has 0 amide bonds. The molecule has 0 fully saturated rings. The van der Waals surface area contributed by atoms with Crippen LogP contribution in [0.5, 0.6) is 0 Å². The van der Waals surface area contributed by atoms with Crippen LogP contribution in [0.2, 0.25) is 0 Å². The number of halogens is 3. The normalized spacial score (nSPS) is 12.1. The lowest BCUT2D eigenvalue weighted by Crippen LogP contribution is -2.03. The minimum absolute atomic E-state index is 0.322. The molecule has 5 heteroatoms. The average Bonchev–Trinajstić information content (AvgIpc) is 2.78. The maximum Gasteiger partial charge on any atom is 0.419 e. The maximum absolute atomic E-state index is 12.5. The molecule has 0 saturated heterocycles. The number of hydrogen-bond donors (Lipinski definition) is 0. The van der Waals surface area contributed by atoms with Crippen molar-refractivity contribution in [2.45, 2.75) is 25.9 Å². The van der Waals surface area contributed by atoms with Crippen LogP contribution in [0.3, 0.4) is 0 Å². The van der Waals surface area contributed by atoms with Crippen molar-refractivity contribution >= 4 is 0 Å². The smallest absolute Gasteiger partial charge is 0.240 e. The van der Waals surface area contributed by atoms with Crippen LogP contribution in [0.4, 0.5) is 13.2 Å². The SMILES string of the molecule is CC(C)c1cccc(-n2cc(C(F)(F)F)cn2)c1. The molecule has 1 aromatic heterocycles. The van der Waals surface area contributed by atoms with Gasteiger partial charge in [-0.1, -0.05) is 26.0 Å². The Bertz CT molecular complexity index is 541. The molecule has 0 aliphatic rings. The zero-order valence-electron chi connectivity index (χ0n) is 10.1. The number of hydrogen-bond acceptors (Lipinski definition) is 1. The summed E-state index contributed by atoms with van der Waals surface area (Å²) in [6.45, 7) is 4.06. The van der Waals surface area contributed by atoms with Gasteiger partial charge in [0.2, 0.25) is 0 Å². The Balaban J connectivity index is 2.37. The summed E-state index contributed by atoms with van der Waals surface area (Å²) in [5, 5.41) is 3.75. The third-order valence-electron chi connectivity index (χ3n) is 2.71. The molecule has 2 rings (SSSR count). The summed E-state index contributed by atoms with van der Waals surface area (Å²) in [6.07, 6.45) is -2.52. The van der Waals surface area contributed by atoms with Crippen LogP contribution in [-0.2, 0) is 6.18 Å². The Hall–Kier alpha value is -1.78. The lowest BCUT2D eigenvalue weighted by molar-refractivity contribution is -0.137. The molecule has 1 aromatic carbocycles. The Kier molecular flexibility index (Phi) is 3.15. The fourth-order valence-corrected chi connectivity index (χ4v) is 1.64. The molecular weight excluding hydrogens is 241 g/mol. The van der Waals surface area contributed by atoms with E-state index in [9.17, 15) is 13.2 Å². The predicted molar refractivity (Wildman–Crippen MR) is 62.7 cm³/mol. The summed E-state index contributed by atoms with van der Waals surface area (Å²) in [7, 11) is 0. The van der Waals surface area contributed by atoms with Crippen molar-refractivity contribution in [3.8, 4) is 5.69 Å². The van der Waals surface area contributed by atoms with Crippen LogP contribution >= 0.6 is 0 Å². The van der Waals surface area contributed by atoms with E-state index < -0.39 is 11.7 Å². The highest BCUT2D eigenvalue weighted by atomic mass is 19.4. The third-order valence-corrected chi connectivity index (χ3v) is 2.71. The van der Waals surface area contributed by atoms with Gasteiger partial charge >= 0.3 is 6.18 Å². The average molecular weight is 254 g/mol. The van der Waals surface area contributed by atoms with Gasteiger partial charge in [0.1, 0.15) is 0 Å². The van der Waals surface area contributed by atoms with Crippen molar-refractivity contribution < 1.29 is 13.2 Å². The Morgan fingerprint density at radius 3 is 2.50 bits per heavy atom. The molecule has 0 spiro atoms. The van der Waals surface area contributed by atoms with Gasteiger partial charge in [-0.25, -0.2) is 4.68 Å². The monoisotopic (exact) mass is 254 g/mol. The summed E-state index contributed by atoms with van der Waals surface area (Å²) in [6, 6.07) is 7.35. The van der Waals surface area contributed by atoms with Gasteiger partial charge < -0.3 is 0 Å². The van der Waals surface area contributed by atoms with Crippen LogP contribution < -0.4 is 0 Å². The summed E-state index contributed by atoms with van der Waals surface area (Å²) < 4.78 is 38.7. The molecule has 2 aromatic rings. The highest BCUT2D eigenvalue weighted by Crippen LogP contribution is 2.29. The van der Waals surface area contributed by atoms with E-state index in [0.29, 0.717) is 11.6 Å². The Labute approximate surface area is 103 Å². The molecule has 0 bridgehead atoms. The molecule has 18 heavy (non-hydrogen) atoms. The first-order valence-electron chi connectivity index (χ1n) is 5.60. The summed E-state index contributed by atoms with van der Waals surface area (Å²) >= 11 is 0. The van der Waals surface area contributed by atoms with E-state index in [0.717, 1.165) is 18.0 Å². The van der Waals surface area contributed by atoms with E-state index in [2.05, 4.69) is 5.10 Å². The molecule has 0 aliphatic heterocycles. The number of alkyl halides is 3. The molecule has 0 unspecified atom stereocenters. The summed E-state index contributed by atoms with van der Waals surface area (Å²) in [5.74, 6) is 0.322. The van der Waals surface area contributed by atoms with Crippen molar-refractivity contribution in [2.75, 3.05) is 0 Å². The van der Waals surface area contributed by atoms with Crippen molar-refractivity contribution in [2.24, 2.45) is 0 Å². The van der Waals surface area contributed by atoms with Gasteiger partial charge in [-0.15, -0.1) is 0 Å². The highest BCUT2D eigenvalue weighted by molar-refractivity contribution is 5.37. The largest absolute Gasteiger partial charge is 0.419 e. The predicted octanol–water partition coefficient (Wildman–Crippen LogP) is 4.01. The Morgan fingerprint density at radius 1 is 1.22 bits per heavy atom. The van der Waals surface area contributed by atoms with Crippen LogP contribution in [0.1, 0.15) is 30.9 Å². The molecule has 0 N–H and O–H groups in total. The van der Waals surface area contributed by atoms with Gasteiger partial charge in [0.05, 0.1) is 17.4 Å². The van der Waals surface area contributed by atoms with Crippen LogP contribution in [-0.4, -0.2) is 9.78 Å². The maximum atomic E-state index is 12.5. The van der Waals surface area contributed by atoms with Crippen molar-refractivity contribution in [1.29, 1.82) is 0 Å². The molecule has 0 radical (unpaired) electrons.